The Morgan fingerprint density at radius 2 is 0.571 bits per heavy atom. The van der Waals surface area contributed by atoms with E-state index in [-0.39, 0.29) is 0 Å². The number of hydrogen-bond donors (Lipinski definition) is 0. The largest absolute Gasteiger partial charge is 0.309 e. The Kier molecular flexibility index (Phi) is 6.25. The van der Waals surface area contributed by atoms with Crippen LogP contribution in [0.1, 0.15) is 0 Å². The third kappa shape index (κ3) is 4.47. The molecular formula is C48H31N. The van der Waals surface area contributed by atoms with Crippen LogP contribution in [0.5, 0.6) is 0 Å². The molecule has 9 aromatic carbocycles. The fourth-order valence-electron chi connectivity index (χ4n) is 7.81. The topological polar surface area (TPSA) is 4.93 Å². The van der Waals surface area contributed by atoms with Gasteiger partial charge < -0.3 is 4.57 Å². The highest BCUT2D eigenvalue weighted by Gasteiger charge is 2.15. The highest BCUT2D eigenvalue weighted by Crippen LogP contribution is 2.39. The fraction of sp³-hybridized carbons (Fsp3) is 0. The van der Waals surface area contributed by atoms with Gasteiger partial charge in [-0.3, -0.25) is 0 Å². The second kappa shape index (κ2) is 11.1. The number of benzene rings is 9. The highest BCUT2D eigenvalue weighted by atomic mass is 15.0. The van der Waals surface area contributed by atoms with Crippen LogP contribution < -0.4 is 0 Å². The van der Waals surface area contributed by atoms with Crippen LogP contribution in [-0.4, -0.2) is 4.57 Å². The lowest BCUT2D eigenvalue weighted by Gasteiger charge is -2.13. The van der Waals surface area contributed by atoms with Crippen molar-refractivity contribution < 1.29 is 0 Å². The van der Waals surface area contributed by atoms with Crippen LogP contribution in [0.15, 0.2) is 188 Å². The van der Waals surface area contributed by atoms with Gasteiger partial charge in [0.05, 0.1) is 11.0 Å². The average Bonchev–Trinajstić information content (AvgIpc) is 3.51. The molecule has 228 valence electrons. The Morgan fingerprint density at radius 1 is 0.224 bits per heavy atom. The Labute approximate surface area is 284 Å². The lowest BCUT2D eigenvalue weighted by Crippen LogP contribution is -1.94. The van der Waals surface area contributed by atoms with Gasteiger partial charge in [0.15, 0.2) is 0 Å². The Morgan fingerprint density at radius 3 is 1.06 bits per heavy atom. The van der Waals surface area contributed by atoms with E-state index in [1.807, 2.05) is 0 Å². The first-order valence-corrected chi connectivity index (χ1v) is 16.9. The number of aromatic nitrogens is 1. The van der Waals surface area contributed by atoms with Crippen molar-refractivity contribution in [2.45, 2.75) is 0 Å². The third-order valence-electron chi connectivity index (χ3n) is 10.2. The Balaban J connectivity index is 1.13. The predicted octanol–water partition coefficient (Wildman–Crippen LogP) is 13.2. The maximum absolute atomic E-state index is 2.41. The second-order valence-electron chi connectivity index (χ2n) is 12.9. The summed E-state index contributed by atoms with van der Waals surface area (Å²) in [6, 6.07) is 68.7. The smallest absolute Gasteiger partial charge is 0.0541 e. The van der Waals surface area contributed by atoms with Gasteiger partial charge in [-0.05, 0) is 108 Å². The summed E-state index contributed by atoms with van der Waals surface area (Å²) in [6.07, 6.45) is 0. The van der Waals surface area contributed by atoms with Crippen molar-refractivity contribution in [3.05, 3.63) is 188 Å². The Bertz CT molecular complexity index is 2710. The van der Waals surface area contributed by atoms with Crippen molar-refractivity contribution in [2.75, 3.05) is 0 Å². The zero-order chi connectivity index (χ0) is 32.3. The first-order chi connectivity index (χ1) is 24.3. The molecule has 0 aliphatic carbocycles. The molecule has 1 nitrogen and oxygen atoms in total. The molecule has 0 unspecified atom stereocenters. The zero-order valence-electron chi connectivity index (χ0n) is 26.8. The maximum atomic E-state index is 2.41. The van der Waals surface area contributed by atoms with E-state index in [0.717, 1.165) is 5.69 Å². The van der Waals surface area contributed by atoms with Crippen molar-refractivity contribution >= 4 is 54.1 Å². The van der Waals surface area contributed by atoms with Crippen LogP contribution in [0, 0.1) is 0 Å². The molecule has 1 heteroatoms. The van der Waals surface area contributed by atoms with Gasteiger partial charge in [-0.1, -0.05) is 146 Å². The predicted molar refractivity (Wildman–Crippen MR) is 210 cm³/mol. The third-order valence-corrected chi connectivity index (χ3v) is 10.2. The van der Waals surface area contributed by atoms with Crippen LogP contribution in [0.4, 0.5) is 0 Å². The molecule has 0 saturated heterocycles. The highest BCUT2D eigenvalue weighted by molar-refractivity contribution is 6.25. The molecule has 10 rings (SSSR count). The molecule has 0 amide bonds. The molecule has 10 aromatic rings. The van der Waals surface area contributed by atoms with Crippen molar-refractivity contribution in [1.29, 1.82) is 0 Å². The molecular weight excluding hydrogens is 591 g/mol. The number of fused-ring (bicyclic) bond motifs is 9. The van der Waals surface area contributed by atoms with Crippen molar-refractivity contribution in [2.24, 2.45) is 0 Å². The number of hydrogen-bond acceptors (Lipinski definition) is 0. The number of rotatable bonds is 4. The molecule has 0 bridgehead atoms. The molecule has 1 aromatic heterocycles. The van der Waals surface area contributed by atoms with E-state index < -0.39 is 0 Å². The van der Waals surface area contributed by atoms with Crippen LogP contribution in [0.3, 0.4) is 0 Å². The second-order valence-corrected chi connectivity index (χ2v) is 12.9. The lowest BCUT2D eigenvalue weighted by molar-refractivity contribution is 1.18. The summed E-state index contributed by atoms with van der Waals surface area (Å²) in [5, 5.41) is 10.3. The van der Waals surface area contributed by atoms with Gasteiger partial charge >= 0.3 is 0 Å². The average molecular weight is 622 g/mol. The Hall–Kier alpha value is -6.44. The molecule has 0 spiro atoms. The molecule has 0 radical (unpaired) electrons. The summed E-state index contributed by atoms with van der Waals surface area (Å²) < 4.78 is 2.41. The summed E-state index contributed by atoms with van der Waals surface area (Å²) in [6.45, 7) is 0. The van der Waals surface area contributed by atoms with Crippen LogP contribution in [0.2, 0.25) is 0 Å². The monoisotopic (exact) mass is 621 g/mol. The SMILES string of the molecule is c1ccc(-c2ccc3c(c2)c2cc(-c4ccccc4)ccc2n3-c2ccc(-c3ccc4c5ccccc5c5ccccc5c4c3)cc2)cc1. The summed E-state index contributed by atoms with van der Waals surface area (Å²) in [7, 11) is 0. The first-order valence-electron chi connectivity index (χ1n) is 16.9. The quantitative estimate of drug-likeness (QED) is 0.172. The fourth-order valence-corrected chi connectivity index (χ4v) is 7.81. The molecule has 0 N–H and O–H groups in total. The van der Waals surface area contributed by atoms with Crippen molar-refractivity contribution in [1.82, 2.24) is 4.57 Å². The summed E-state index contributed by atoms with van der Waals surface area (Å²) in [5.41, 5.74) is 10.9. The number of nitrogens with zero attached hydrogens (tertiary/aromatic N) is 1. The van der Waals surface area contributed by atoms with Gasteiger partial charge in [-0.15, -0.1) is 0 Å². The molecule has 49 heavy (non-hydrogen) atoms. The molecule has 0 saturated carbocycles. The molecule has 0 aliphatic heterocycles. The first kappa shape index (κ1) is 27.7. The molecule has 1 heterocycles. The van der Waals surface area contributed by atoms with E-state index >= 15 is 0 Å². The van der Waals surface area contributed by atoms with Crippen LogP contribution >= 0.6 is 0 Å². The summed E-state index contributed by atoms with van der Waals surface area (Å²) >= 11 is 0. The van der Waals surface area contributed by atoms with Crippen LogP contribution in [0.25, 0.3) is 93.2 Å². The van der Waals surface area contributed by atoms with Gasteiger partial charge in [0.25, 0.3) is 0 Å². The van der Waals surface area contributed by atoms with Gasteiger partial charge in [0, 0.05) is 16.5 Å². The molecule has 0 fully saturated rings. The normalized spacial score (nSPS) is 11.7. The minimum Gasteiger partial charge on any atom is -0.309 e. The van der Waals surface area contributed by atoms with E-state index in [9.17, 15) is 0 Å². The van der Waals surface area contributed by atoms with E-state index in [2.05, 4.69) is 193 Å². The maximum Gasteiger partial charge on any atom is 0.0541 e. The summed E-state index contributed by atoms with van der Waals surface area (Å²) in [4.78, 5) is 0. The van der Waals surface area contributed by atoms with Gasteiger partial charge in [-0.2, -0.15) is 0 Å². The van der Waals surface area contributed by atoms with Gasteiger partial charge in [-0.25, -0.2) is 0 Å². The molecule has 0 atom stereocenters. The minimum absolute atomic E-state index is 1.15. The minimum atomic E-state index is 1.15. The standard InChI is InChI=1S/C48H31N/c1-3-11-32(12-4-1)36-22-27-47-45(30-36)46-31-37(33-13-5-2-6-14-33)23-28-48(46)49(47)38-24-19-34(20-25-38)35-21-26-43-41-17-8-7-15-39(41)40-16-9-10-18-42(40)44(43)29-35/h1-31H. The van der Waals surface area contributed by atoms with Gasteiger partial charge in [0.1, 0.15) is 0 Å². The van der Waals surface area contributed by atoms with E-state index in [0.29, 0.717) is 0 Å². The van der Waals surface area contributed by atoms with Gasteiger partial charge in [0.2, 0.25) is 0 Å². The van der Waals surface area contributed by atoms with Crippen LogP contribution in [-0.2, 0) is 0 Å². The van der Waals surface area contributed by atoms with E-state index in [1.165, 1.54) is 87.5 Å². The lowest BCUT2D eigenvalue weighted by atomic mass is 9.92. The molecule has 0 aliphatic rings. The van der Waals surface area contributed by atoms with Crippen molar-refractivity contribution in [3.8, 4) is 39.1 Å². The van der Waals surface area contributed by atoms with E-state index in [1.54, 1.807) is 0 Å². The van der Waals surface area contributed by atoms with E-state index in [4.69, 9.17) is 0 Å². The van der Waals surface area contributed by atoms with Crippen molar-refractivity contribution in [3.63, 3.8) is 0 Å². The zero-order valence-corrected chi connectivity index (χ0v) is 26.8. The summed E-state index contributed by atoms with van der Waals surface area (Å²) in [5.74, 6) is 0.